The number of hydrogen-bond donors (Lipinski definition) is 1. The molecule has 0 aromatic heterocycles. The minimum atomic E-state index is -3.56. The van der Waals surface area contributed by atoms with E-state index in [1.165, 1.54) is 0 Å². The average molecular weight is 388 g/mol. The molecule has 0 spiro atoms. The lowest BCUT2D eigenvalue weighted by molar-refractivity contribution is 0.117. The minimum Gasteiger partial charge on any atom is -0.470 e. The largest absolute Gasteiger partial charge is 0.470 e. The summed E-state index contributed by atoms with van der Waals surface area (Å²) in [6.07, 6.45) is -0.227. The fourth-order valence-corrected chi connectivity index (χ4v) is 4.10. The van der Waals surface area contributed by atoms with E-state index in [0.29, 0.717) is 12.5 Å². The van der Waals surface area contributed by atoms with Crippen molar-refractivity contribution in [2.45, 2.75) is 24.0 Å². The number of benzene rings is 2. The number of nitrogens with zero attached hydrogens (tertiary/aromatic N) is 1. The highest BCUT2D eigenvalue weighted by Gasteiger charge is 2.34. The molecule has 0 amide bonds. The number of rotatable bonds is 8. The van der Waals surface area contributed by atoms with Crippen molar-refractivity contribution in [1.29, 1.82) is 0 Å². The van der Waals surface area contributed by atoms with E-state index in [2.05, 4.69) is 9.71 Å². The SMILES string of the molecule is COC[C@@H]1N=C([C@H](C)CNS(=O)(=O)c2ccccc2)O[C@H]1c1ccccc1. The van der Waals surface area contributed by atoms with Gasteiger partial charge < -0.3 is 9.47 Å². The molecule has 0 fully saturated rings. The number of nitrogens with one attached hydrogen (secondary N) is 1. The van der Waals surface area contributed by atoms with Crippen LogP contribution in [0.3, 0.4) is 0 Å². The number of aliphatic imine (C=N–C) groups is 1. The van der Waals surface area contributed by atoms with Crippen molar-refractivity contribution in [3.8, 4) is 0 Å². The molecule has 1 heterocycles. The number of ether oxygens (including phenoxy) is 2. The third-order valence-corrected chi connectivity index (χ3v) is 5.85. The normalized spacial score (nSPS) is 20.7. The van der Waals surface area contributed by atoms with Gasteiger partial charge in [0, 0.05) is 19.6 Å². The molecule has 0 aliphatic carbocycles. The minimum absolute atomic E-state index is 0.152. The molecule has 0 saturated carbocycles. The third kappa shape index (κ3) is 4.74. The first-order valence-electron chi connectivity index (χ1n) is 8.84. The Morgan fingerprint density at radius 1 is 1.11 bits per heavy atom. The summed E-state index contributed by atoms with van der Waals surface area (Å²) in [5.74, 6) is 0.346. The Hall–Kier alpha value is -2.22. The Labute approximate surface area is 160 Å². The number of methoxy groups -OCH3 is 1. The highest BCUT2D eigenvalue weighted by molar-refractivity contribution is 7.89. The van der Waals surface area contributed by atoms with Gasteiger partial charge in [0.15, 0.2) is 5.90 Å². The zero-order valence-electron chi connectivity index (χ0n) is 15.4. The van der Waals surface area contributed by atoms with Crippen LogP contribution >= 0.6 is 0 Å². The van der Waals surface area contributed by atoms with Crippen LogP contribution in [0.5, 0.6) is 0 Å². The molecule has 1 N–H and O–H groups in total. The molecule has 0 unspecified atom stereocenters. The van der Waals surface area contributed by atoms with Crippen LogP contribution in [-0.4, -0.2) is 40.6 Å². The lowest BCUT2D eigenvalue weighted by Gasteiger charge is -2.19. The molecule has 1 aliphatic rings. The Morgan fingerprint density at radius 2 is 1.74 bits per heavy atom. The standard InChI is InChI=1S/C20H24N2O4S/c1-15(13-21-27(23,24)17-11-7-4-8-12-17)20-22-18(14-25-2)19(26-20)16-9-5-3-6-10-16/h3-12,15,18-19,21H,13-14H2,1-2H3/t15-,18+,19+/m1/s1. The van der Waals surface area contributed by atoms with Crippen LogP contribution < -0.4 is 4.72 Å². The van der Waals surface area contributed by atoms with E-state index in [1.807, 2.05) is 37.3 Å². The molecule has 0 bridgehead atoms. The first-order valence-corrected chi connectivity index (χ1v) is 10.3. The Kier molecular flexibility index (Phi) is 6.26. The molecule has 2 aromatic carbocycles. The quantitative estimate of drug-likeness (QED) is 0.754. The molecule has 144 valence electrons. The van der Waals surface area contributed by atoms with E-state index in [1.54, 1.807) is 37.4 Å². The van der Waals surface area contributed by atoms with Gasteiger partial charge in [0.2, 0.25) is 10.0 Å². The third-order valence-electron chi connectivity index (χ3n) is 4.41. The molecule has 27 heavy (non-hydrogen) atoms. The van der Waals surface area contributed by atoms with Crippen LogP contribution in [0.25, 0.3) is 0 Å². The van der Waals surface area contributed by atoms with Crippen molar-refractivity contribution in [3.05, 3.63) is 66.2 Å². The zero-order chi connectivity index (χ0) is 19.3. The van der Waals surface area contributed by atoms with E-state index < -0.39 is 10.0 Å². The van der Waals surface area contributed by atoms with E-state index in [0.717, 1.165) is 5.56 Å². The van der Waals surface area contributed by atoms with Gasteiger partial charge in [-0.1, -0.05) is 55.5 Å². The Balaban J connectivity index is 1.67. The Bertz CT molecular complexity index is 869. The van der Waals surface area contributed by atoms with Crippen LogP contribution in [0.15, 0.2) is 70.6 Å². The van der Waals surface area contributed by atoms with E-state index in [9.17, 15) is 8.42 Å². The van der Waals surface area contributed by atoms with Crippen LogP contribution in [-0.2, 0) is 19.5 Å². The van der Waals surface area contributed by atoms with Crippen LogP contribution in [0.2, 0.25) is 0 Å². The second-order valence-corrected chi connectivity index (χ2v) is 8.27. The predicted octanol–water partition coefficient (Wildman–Crippen LogP) is 2.79. The molecular weight excluding hydrogens is 364 g/mol. The average Bonchev–Trinajstić information content (AvgIpc) is 3.12. The van der Waals surface area contributed by atoms with Gasteiger partial charge in [-0.3, -0.25) is 0 Å². The maximum atomic E-state index is 12.4. The summed E-state index contributed by atoms with van der Waals surface area (Å²) in [6.45, 7) is 2.53. The summed E-state index contributed by atoms with van der Waals surface area (Å²) in [7, 11) is -1.93. The van der Waals surface area contributed by atoms with Gasteiger partial charge in [0.25, 0.3) is 0 Å². The van der Waals surface area contributed by atoms with Gasteiger partial charge >= 0.3 is 0 Å². The van der Waals surface area contributed by atoms with Crippen molar-refractivity contribution >= 4 is 15.9 Å². The van der Waals surface area contributed by atoms with E-state index in [-0.39, 0.29) is 29.5 Å². The van der Waals surface area contributed by atoms with Crippen LogP contribution in [0.1, 0.15) is 18.6 Å². The summed E-state index contributed by atoms with van der Waals surface area (Å²) < 4.78 is 38.8. The van der Waals surface area contributed by atoms with Gasteiger partial charge in [0.1, 0.15) is 12.1 Å². The lowest BCUT2D eigenvalue weighted by atomic mass is 10.0. The summed E-state index contributed by atoms with van der Waals surface area (Å²) in [4.78, 5) is 4.89. The Morgan fingerprint density at radius 3 is 2.37 bits per heavy atom. The number of sulfonamides is 1. The molecule has 3 atom stereocenters. The van der Waals surface area contributed by atoms with Gasteiger partial charge in [0.05, 0.1) is 11.5 Å². The van der Waals surface area contributed by atoms with Gasteiger partial charge in [-0.2, -0.15) is 0 Å². The van der Waals surface area contributed by atoms with E-state index >= 15 is 0 Å². The molecule has 3 rings (SSSR count). The fourth-order valence-electron chi connectivity index (χ4n) is 2.95. The summed E-state index contributed by atoms with van der Waals surface area (Å²) in [6, 6.07) is 18.0. The second kappa shape index (κ2) is 8.65. The summed E-state index contributed by atoms with van der Waals surface area (Å²) in [5, 5.41) is 0. The first-order chi connectivity index (χ1) is 13.0. The molecule has 1 aliphatic heterocycles. The molecule has 6 nitrogen and oxygen atoms in total. The van der Waals surface area contributed by atoms with Gasteiger partial charge in [-0.25, -0.2) is 18.1 Å². The monoisotopic (exact) mass is 388 g/mol. The van der Waals surface area contributed by atoms with Crippen molar-refractivity contribution in [3.63, 3.8) is 0 Å². The highest BCUT2D eigenvalue weighted by Crippen LogP contribution is 2.31. The lowest BCUT2D eigenvalue weighted by Crippen LogP contribution is -2.32. The second-order valence-electron chi connectivity index (χ2n) is 6.51. The smallest absolute Gasteiger partial charge is 0.240 e. The predicted molar refractivity (Wildman–Crippen MR) is 104 cm³/mol. The van der Waals surface area contributed by atoms with Gasteiger partial charge in [-0.05, 0) is 17.7 Å². The topological polar surface area (TPSA) is 77.0 Å². The molecule has 7 heteroatoms. The molecule has 0 saturated heterocycles. The summed E-state index contributed by atoms with van der Waals surface area (Å²) in [5.41, 5.74) is 1.02. The maximum Gasteiger partial charge on any atom is 0.240 e. The van der Waals surface area contributed by atoms with Crippen molar-refractivity contribution in [2.24, 2.45) is 10.9 Å². The van der Waals surface area contributed by atoms with Crippen molar-refractivity contribution < 1.29 is 17.9 Å². The van der Waals surface area contributed by atoms with Crippen molar-refractivity contribution in [1.82, 2.24) is 4.72 Å². The number of hydrogen-bond acceptors (Lipinski definition) is 5. The maximum absolute atomic E-state index is 12.4. The fraction of sp³-hybridized carbons (Fsp3) is 0.350. The van der Waals surface area contributed by atoms with Crippen molar-refractivity contribution in [2.75, 3.05) is 20.3 Å². The first kappa shape index (κ1) is 19.5. The summed E-state index contributed by atoms with van der Waals surface area (Å²) >= 11 is 0. The van der Waals surface area contributed by atoms with Crippen LogP contribution in [0.4, 0.5) is 0 Å². The molecule has 0 radical (unpaired) electrons. The molecule has 2 aromatic rings. The van der Waals surface area contributed by atoms with Gasteiger partial charge in [-0.15, -0.1) is 0 Å². The van der Waals surface area contributed by atoms with E-state index in [4.69, 9.17) is 9.47 Å². The highest BCUT2D eigenvalue weighted by atomic mass is 32.2. The van der Waals surface area contributed by atoms with Crippen LogP contribution in [0, 0.1) is 5.92 Å². The molecular formula is C20H24N2O4S. The zero-order valence-corrected chi connectivity index (χ0v) is 16.2.